The lowest BCUT2D eigenvalue weighted by atomic mass is 10.0. The van der Waals surface area contributed by atoms with E-state index in [-0.39, 0.29) is 0 Å². The maximum Gasteiger partial charge on any atom is 0.150 e. The summed E-state index contributed by atoms with van der Waals surface area (Å²) >= 11 is 0. The molecule has 0 aliphatic carbocycles. The van der Waals surface area contributed by atoms with Crippen LogP contribution >= 0.6 is 0 Å². The molecule has 1 atom stereocenters. The van der Waals surface area contributed by atoms with Crippen LogP contribution in [0, 0.1) is 0 Å². The molecule has 1 saturated heterocycles. The Balaban J connectivity index is 1.73. The lowest BCUT2D eigenvalue weighted by molar-refractivity contribution is 0.399. The van der Waals surface area contributed by atoms with Crippen molar-refractivity contribution in [1.82, 2.24) is 5.32 Å². The van der Waals surface area contributed by atoms with Crippen LogP contribution in [0.5, 0.6) is 5.75 Å². The second-order valence-electron chi connectivity index (χ2n) is 5.88. The van der Waals surface area contributed by atoms with E-state index >= 15 is 0 Å². The van der Waals surface area contributed by atoms with Gasteiger partial charge in [0, 0.05) is 12.1 Å². The van der Waals surface area contributed by atoms with Crippen LogP contribution in [0.4, 0.5) is 0 Å². The van der Waals surface area contributed by atoms with Gasteiger partial charge in [-0.15, -0.1) is 0 Å². The third-order valence-electron chi connectivity index (χ3n) is 4.10. The maximum absolute atomic E-state index is 11.4. The standard InChI is InChI=1S/C16H25NO3S/c1-13(17-15-9-11-21(18,19)12-10-15)3-4-14-5-7-16(20-2)8-6-14/h5-8,13,15,17H,3-4,9-12H2,1-2H3. The Morgan fingerprint density at radius 2 is 1.86 bits per heavy atom. The lowest BCUT2D eigenvalue weighted by Gasteiger charge is -2.26. The van der Waals surface area contributed by atoms with E-state index in [2.05, 4.69) is 24.4 Å². The molecular weight excluding hydrogens is 286 g/mol. The average molecular weight is 311 g/mol. The molecule has 21 heavy (non-hydrogen) atoms. The molecule has 0 bridgehead atoms. The molecule has 0 saturated carbocycles. The van der Waals surface area contributed by atoms with E-state index in [1.807, 2.05) is 12.1 Å². The predicted molar refractivity (Wildman–Crippen MR) is 85.6 cm³/mol. The van der Waals surface area contributed by atoms with E-state index < -0.39 is 9.84 Å². The zero-order valence-corrected chi connectivity index (χ0v) is 13.7. The van der Waals surface area contributed by atoms with Gasteiger partial charge in [0.25, 0.3) is 0 Å². The Hall–Kier alpha value is -1.07. The zero-order valence-electron chi connectivity index (χ0n) is 12.8. The van der Waals surface area contributed by atoms with Crippen LogP contribution in [0.25, 0.3) is 0 Å². The van der Waals surface area contributed by atoms with Gasteiger partial charge in [0.05, 0.1) is 18.6 Å². The minimum absolute atomic E-state index is 0.329. The average Bonchev–Trinajstić information content (AvgIpc) is 2.48. The Bertz CT molecular complexity index is 525. The largest absolute Gasteiger partial charge is 0.497 e. The first kappa shape index (κ1) is 16.3. The van der Waals surface area contributed by atoms with Crippen molar-refractivity contribution in [2.24, 2.45) is 0 Å². The molecular formula is C16H25NO3S. The molecule has 0 radical (unpaired) electrons. The number of ether oxygens (including phenoxy) is 1. The molecule has 1 unspecified atom stereocenters. The summed E-state index contributed by atoms with van der Waals surface area (Å²) in [5.74, 6) is 1.54. The number of hydrogen-bond acceptors (Lipinski definition) is 4. The second kappa shape index (κ2) is 7.27. The van der Waals surface area contributed by atoms with E-state index in [4.69, 9.17) is 4.74 Å². The van der Waals surface area contributed by atoms with Crippen molar-refractivity contribution in [2.45, 2.75) is 44.7 Å². The van der Waals surface area contributed by atoms with Crippen molar-refractivity contribution >= 4 is 9.84 Å². The summed E-state index contributed by atoms with van der Waals surface area (Å²) in [5, 5.41) is 3.56. The molecule has 4 nitrogen and oxygen atoms in total. The van der Waals surface area contributed by atoms with Crippen molar-refractivity contribution in [1.29, 1.82) is 0 Å². The number of sulfone groups is 1. The van der Waals surface area contributed by atoms with E-state index in [0.717, 1.165) is 31.4 Å². The van der Waals surface area contributed by atoms with E-state index in [0.29, 0.717) is 23.6 Å². The molecule has 1 aliphatic rings. The van der Waals surface area contributed by atoms with Crippen LogP contribution in [0.15, 0.2) is 24.3 Å². The van der Waals surface area contributed by atoms with Crippen molar-refractivity contribution in [3.8, 4) is 5.75 Å². The third-order valence-corrected chi connectivity index (χ3v) is 5.82. The SMILES string of the molecule is COc1ccc(CCC(C)NC2CCS(=O)(=O)CC2)cc1. The van der Waals surface area contributed by atoms with Gasteiger partial charge in [-0.2, -0.15) is 0 Å². The van der Waals surface area contributed by atoms with E-state index in [1.165, 1.54) is 5.56 Å². The summed E-state index contributed by atoms with van der Waals surface area (Å²) in [5.41, 5.74) is 1.30. The lowest BCUT2D eigenvalue weighted by Crippen LogP contribution is -2.42. The molecule has 1 aromatic rings. The molecule has 1 fully saturated rings. The van der Waals surface area contributed by atoms with Crippen LogP contribution in [0.2, 0.25) is 0 Å². The first-order valence-electron chi connectivity index (χ1n) is 7.58. The Labute approximate surface area is 127 Å². The normalized spacial score (nSPS) is 20.1. The van der Waals surface area contributed by atoms with Crippen LogP contribution in [-0.4, -0.2) is 39.1 Å². The van der Waals surface area contributed by atoms with Crippen LogP contribution in [0.3, 0.4) is 0 Å². The monoisotopic (exact) mass is 311 g/mol. The number of methoxy groups -OCH3 is 1. The van der Waals surface area contributed by atoms with Gasteiger partial charge in [0.15, 0.2) is 0 Å². The van der Waals surface area contributed by atoms with Crippen LogP contribution in [0.1, 0.15) is 31.7 Å². The van der Waals surface area contributed by atoms with Crippen molar-refractivity contribution in [2.75, 3.05) is 18.6 Å². The molecule has 5 heteroatoms. The number of hydrogen-bond donors (Lipinski definition) is 1. The highest BCUT2D eigenvalue weighted by Gasteiger charge is 2.24. The molecule has 0 amide bonds. The van der Waals surface area contributed by atoms with Gasteiger partial charge in [0.1, 0.15) is 15.6 Å². The van der Waals surface area contributed by atoms with E-state index in [9.17, 15) is 8.42 Å². The number of benzene rings is 1. The fourth-order valence-corrected chi connectivity index (χ4v) is 4.21. The molecule has 118 valence electrons. The van der Waals surface area contributed by atoms with Crippen molar-refractivity contribution in [3.63, 3.8) is 0 Å². The molecule has 2 rings (SSSR count). The minimum atomic E-state index is -2.77. The van der Waals surface area contributed by atoms with Gasteiger partial charge in [-0.05, 0) is 50.3 Å². The van der Waals surface area contributed by atoms with E-state index in [1.54, 1.807) is 7.11 Å². The summed E-state index contributed by atoms with van der Waals surface area (Å²) in [6.45, 7) is 2.17. The number of aryl methyl sites for hydroxylation is 1. The van der Waals surface area contributed by atoms with Crippen molar-refractivity contribution < 1.29 is 13.2 Å². The molecule has 0 aromatic heterocycles. The number of nitrogens with one attached hydrogen (secondary N) is 1. The quantitative estimate of drug-likeness (QED) is 0.875. The van der Waals surface area contributed by atoms with Gasteiger partial charge < -0.3 is 10.1 Å². The van der Waals surface area contributed by atoms with Gasteiger partial charge in [0.2, 0.25) is 0 Å². The first-order chi connectivity index (χ1) is 9.98. The minimum Gasteiger partial charge on any atom is -0.497 e. The Kier molecular flexibility index (Phi) is 5.65. The molecule has 1 aliphatic heterocycles. The topological polar surface area (TPSA) is 55.4 Å². The summed E-state index contributed by atoms with van der Waals surface area (Å²) < 4.78 is 28.0. The van der Waals surface area contributed by atoms with Gasteiger partial charge in [-0.1, -0.05) is 12.1 Å². The second-order valence-corrected chi connectivity index (χ2v) is 8.18. The fraction of sp³-hybridized carbons (Fsp3) is 0.625. The maximum atomic E-state index is 11.4. The van der Waals surface area contributed by atoms with Gasteiger partial charge >= 0.3 is 0 Å². The van der Waals surface area contributed by atoms with Gasteiger partial charge in [-0.25, -0.2) is 8.42 Å². The summed E-state index contributed by atoms with van der Waals surface area (Å²) in [6, 6.07) is 8.91. The van der Waals surface area contributed by atoms with Gasteiger partial charge in [-0.3, -0.25) is 0 Å². The van der Waals surface area contributed by atoms with Crippen LogP contribution < -0.4 is 10.1 Å². The predicted octanol–water partition coefficient (Wildman–Crippen LogP) is 2.18. The molecule has 1 N–H and O–H groups in total. The zero-order chi connectivity index (χ0) is 15.3. The Morgan fingerprint density at radius 1 is 1.24 bits per heavy atom. The fourth-order valence-electron chi connectivity index (χ4n) is 2.72. The molecule has 1 aromatic carbocycles. The highest BCUT2D eigenvalue weighted by Crippen LogP contribution is 2.15. The summed E-state index contributed by atoms with van der Waals surface area (Å²) in [7, 11) is -1.09. The summed E-state index contributed by atoms with van der Waals surface area (Å²) in [4.78, 5) is 0. The molecule has 0 spiro atoms. The molecule has 1 heterocycles. The number of rotatable bonds is 6. The van der Waals surface area contributed by atoms with Crippen LogP contribution in [-0.2, 0) is 16.3 Å². The first-order valence-corrected chi connectivity index (χ1v) is 9.40. The smallest absolute Gasteiger partial charge is 0.150 e. The summed E-state index contributed by atoms with van der Waals surface area (Å²) in [6.07, 6.45) is 3.56. The van der Waals surface area contributed by atoms with Crippen molar-refractivity contribution in [3.05, 3.63) is 29.8 Å². The third kappa shape index (κ3) is 5.32. The highest BCUT2D eigenvalue weighted by molar-refractivity contribution is 7.91. The highest BCUT2D eigenvalue weighted by atomic mass is 32.2. The Morgan fingerprint density at radius 3 is 2.43 bits per heavy atom.